The maximum Gasteiger partial charge on any atom is 0.410 e. The van der Waals surface area contributed by atoms with E-state index in [4.69, 9.17) is 4.74 Å². The molecule has 8 heteroatoms. The lowest BCUT2D eigenvalue weighted by Gasteiger charge is -2.39. The monoisotopic (exact) mass is 308 g/mol. The molecule has 0 atom stereocenters. The van der Waals surface area contributed by atoms with Crippen LogP contribution in [0.5, 0.6) is 0 Å². The number of nitrogens with one attached hydrogen (secondary N) is 1. The van der Waals surface area contributed by atoms with Crippen LogP contribution in [-0.2, 0) is 4.74 Å². The highest BCUT2D eigenvalue weighted by molar-refractivity contribution is 5.69. The van der Waals surface area contributed by atoms with Gasteiger partial charge in [0.15, 0.2) is 6.20 Å². The molecule has 1 aromatic rings. The van der Waals surface area contributed by atoms with Crippen LogP contribution in [-0.4, -0.2) is 46.1 Å². The van der Waals surface area contributed by atoms with Gasteiger partial charge in [-0.1, -0.05) is 0 Å². The Hall–Kier alpha value is -2.38. The van der Waals surface area contributed by atoms with Crippen LogP contribution in [0.4, 0.5) is 16.3 Å². The van der Waals surface area contributed by atoms with Gasteiger partial charge in [0.25, 0.3) is 0 Å². The molecule has 1 aliphatic heterocycles. The lowest BCUT2D eigenvalue weighted by atomic mass is 10.0. The van der Waals surface area contributed by atoms with Gasteiger partial charge in [-0.2, -0.15) is 0 Å². The first-order valence-corrected chi connectivity index (χ1v) is 7.07. The number of likely N-dealkylation sites (tertiary alicyclic amines) is 1. The summed E-state index contributed by atoms with van der Waals surface area (Å²) >= 11 is 0. The lowest BCUT2D eigenvalue weighted by molar-refractivity contribution is -0.389. The second kappa shape index (κ2) is 6.17. The van der Waals surface area contributed by atoms with E-state index in [0.29, 0.717) is 25.6 Å². The van der Waals surface area contributed by atoms with Crippen molar-refractivity contribution >= 4 is 17.6 Å². The Kier molecular flexibility index (Phi) is 4.48. The van der Waals surface area contributed by atoms with E-state index in [1.54, 1.807) is 11.0 Å². The van der Waals surface area contributed by atoms with E-state index < -0.39 is 10.5 Å². The Bertz CT molecular complexity index is 547. The zero-order valence-electron chi connectivity index (χ0n) is 12.9. The van der Waals surface area contributed by atoms with Gasteiger partial charge in [0.05, 0.1) is 5.69 Å². The molecule has 0 aliphatic carbocycles. The molecule has 1 amide bonds. The minimum absolute atomic E-state index is 0.176. The van der Waals surface area contributed by atoms with Crippen molar-refractivity contribution in [1.82, 2.24) is 9.88 Å². The molecule has 1 saturated heterocycles. The highest BCUT2D eigenvalue weighted by Crippen LogP contribution is 2.20. The van der Waals surface area contributed by atoms with Crippen molar-refractivity contribution in [3.8, 4) is 0 Å². The van der Waals surface area contributed by atoms with Crippen molar-refractivity contribution in [3.63, 3.8) is 0 Å². The third kappa shape index (κ3) is 4.31. The van der Waals surface area contributed by atoms with Crippen molar-refractivity contribution in [3.05, 3.63) is 28.4 Å². The minimum Gasteiger partial charge on any atom is -0.444 e. The van der Waals surface area contributed by atoms with Crippen molar-refractivity contribution in [1.29, 1.82) is 0 Å². The zero-order valence-corrected chi connectivity index (χ0v) is 12.9. The van der Waals surface area contributed by atoms with Crippen LogP contribution in [0.2, 0.25) is 0 Å². The molecule has 2 heterocycles. The molecule has 0 unspecified atom stereocenters. The average Bonchev–Trinajstić information content (AvgIpc) is 2.35. The fourth-order valence-electron chi connectivity index (χ4n) is 2.04. The van der Waals surface area contributed by atoms with Gasteiger partial charge in [-0.15, -0.1) is 0 Å². The summed E-state index contributed by atoms with van der Waals surface area (Å²) in [5.41, 5.74) is 0.242. The maximum atomic E-state index is 11.8. The second-order valence-corrected chi connectivity index (χ2v) is 6.29. The van der Waals surface area contributed by atoms with Gasteiger partial charge in [-0.3, -0.25) is 0 Å². The first-order valence-electron chi connectivity index (χ1n) is 7.07. The summed E-state index contributed by atoms with van der Waals surface area (Å²) in [4.78, 5) is 27.1. The Labute approximate surface area is 128 Å². The van der Waals surface area contributed by atoms with E-state index in [1.165, 1.54) is 12.3 Å². The Morgan fingerprint density at radius 2 is 2.18 bits per heavy atom. The highest BCUT2D eigenvalue weighted by atomic mass is 16.6. The van der Waals surface area contributed by atoms with E-state index >= 15 is 0 Å². The van der Waals surface area contributed by atoms with Crippen LogP contribution in [0, 0.1) is 16.0 Å². The quantitative estimate of drug-likeness (QED) is 0.677. The average molecular weight is 308 g/mol. The van der Waals surface area contributed by atoms with Crippen molar-refractivity contribution in [2.45, 2.75) is 26.4 Å². The van der Waals surface area contributed by atoms with Gasteiger partial charge in [-0.25, -0.2) is 4.79 Å². The third-order valence-electron chi connectivity index (χ3n) is 3.14. The number of carbonyl (C=O) groups excluding carboxylic acids is 1. The Morgan fingerprint density at radius 3 is 2.68 bits per heavy atom. The van der Waals surface area contributed by atoms with Gasteiger partial charge < -0.3 is 25.1 Å². The Balaban J connectivity index is 1.72. The van der Waals surface area contributed by atoms with E-state index in [2.05, 4.69) is 10.3 Å². The number of hydrogen-bond donors (Lipinski definition) is 1. The molecular formula is C14H20N4O4. The summed E-state index contributed by atoms with van der Waals surface area (Å²) in [7, 11) is 0. The number of hydrogen-bond acceptors (Lipinski definition) is 6. The van der Waals surface area contributed by atoms with Gasteiger partial charge in [0.1, 0.15) is 5.60 Å². The molecule has 0 radical (unpaired) electrons. The van der Waals surface area contributed by atoms with Crippen LogP contribution in [0.25, 0.3) is 0 Å². The molecule has 1 aromatic heterocycles. The smallest absolute Gasteiger partial charge is 0.410 e. The largest absolute Gasteiger partial charge is 0.444 e. The Morgan fingerprint density at radius 1 is 1.50 bits per heavy atom. The first-order chi connectivity index (χ1) is 10.2. The number of nitro groups is 1. The number of amides is 1. The summed E-state index contributed by atoms with van der Waals surface area (Å²) in [5, 5.41) is 13.7. The molecule has 1 aliphatic rings. The fraction of sp³-hybridized carbons (Fsp3) is 0.571. The molecule has 1 fully saturated rings. The summed E-state index contributed by atoms with van der Waals surface area (Å²) in [5.74, 6) is 0.160. The van der Waals surface area contributed by atoms with Crippen molar-refractivity contribution < 1.29 is 14.5 Å². The SMILES string of the molecule is CC(C)(C)OC(=O)N1CC(CNc2ccc([N+](=O)[O-])nc2)C1. The molecule has 0 bridgehead atoms. The molecule has 1 N–H and O–H groups in total. The predicted molar refractivity (Wildman–Crippen MR) is 80.7 cm³/mol. The number of ether oxygens (including phenoxy) is 1. The third-order valence-corrected chi connectivity index (χ3v) is 3.14. The molecule has 0 saturated carbocycles. The summed E-state index contributed by atoms with van der Waals surface area (Å²) in [6.07, 6.45) is 1.14. The molecule has 8 nitrogen and oxygen atoms in total. The minimum atomic E-state index is -0.533. The van der Waals surface area contributed by atoms with Crippen molar-refractivity contribution in [2.75, 3.05) is 25.0 Å². The number of aromatic nitrogens is 1. The second-order valence-electron chi connectivity index (χ2n) is 6.29. The van der Waals surface area contributed by atoms with Crippen molar-refractivity contribution in [2.24, 2.45) is 5.92 Å². The standard InChI is InChI=1S/C14H20N4O4/c1-14(2,3)22-13(19)17-8-10(9-17)6-15-11-4-5-12(16-7-11)18(20)21/h4-5,7,10,15H,6,8-9H2,1-3H3. The van der Waals surface area contributed by atoms with Gasteiger partial charge in [0.2, 0.25) is 0 Å². The topological polar surface area (TPSA) is 97.6 Å². The van der Waals surface area contributed by atoms with Crippen LogP contribution < -0.4 is 5.32 Å². The molecular weight excluding hydrogens is 288 g/mol. The van der Waals surface area contributed by atoms with Gasteiger partial charge in [0, 0.05) is 31.6 Å². The maximum absolute atomic E-state index is 11.8. The normalized spacial score (nSPS) is 15.1. The first kappa shape index (κ1) is 16.0. The van der Waals surface area contributed by atoms with Crippen LogP contribution in [0.3, 0.4) is 0 Å². The summed E-state index contributed by atoms with van der Waals surface area (Å²) < 4.78 is 5.28. The molecule has 2 rings (SSSR count). The van der Waals surface area contributed by atoms with Gasteiger partial charge >= 0.3 is 11.9 Å². The number of pyridine rings is 1. The molecule has 22 heavy (non-hydrogen) atoms. The number of rotatable bonds is 4. The number of nitrogens with zero attached hydrogens (tertiary/aromatic N) is 3. The van der Waals surface area contributed by atoms with Crippen LogP contribution >= 0.6 is 0 Å². The summed E-state index contributed by atoms with van der Waals surface area (Å²) in [6.45, 7) is 7.48. The highest BCUT2D eigenvalue weighted by Gasteiger charge is 2.33. The lowest BCUT2D eigenvalue weighted by Crippen LogP contribution is -2.53. The molecule has 120 valence electrons. The van der Waals surface area contributed by atoms with Crippen LogP contribution in [0.1, 0.15) is 20.8 Å². The number of carbonyl (C=O) groups is 1. The fourth-order valence-corrected chi connectivity index (χ4v) is 2.04. The predicted octanol–water partition coefficient (Wildman–Crippen LogP) is 2.27. The van der Waals surface area contributed by atoms with E-state index in [1.807, 2.05) is 20.8 Å². The zero-order chi connectivity index (χ0) is 16.3. The van der Waals surface area contributed by atoms with E-state index in [9.17, 15) is 14.9 Å². The van der Waals surface area contributed by atoms with Crippen LogP contribution in [0.15, 0.2) is 18.3 Å². The summed E-state index contributed by atoms with van der Waals surface area (Å²) in [6, 6.07) is 2.98. The van der Waals surface area contributed by atoms with E-state index in [-0.39, 0.29) is 11.9 Å². The van der Waals surface area contributed by atoms with E-state index in [0.717, 1.165) is 5.69 Å². The molecule has 0 spiro atoms. The van der Waals surface area contributed by atoms with Gasteiger partial charge in [-0.05, 0) is 36.7 Å². The number of anilines is 1. The molecule has 0 aromatic carbocycles.